The minimum absolute atomic E-state index is 0.237. The van der Waals surface area contributed by atoms with Crippen molar-refractivity contribution in [2.45, 2.75) is 6.54 Å². The van der Waals surface area contributed by atoms with E-state index in [4.69, 9.17) is 14.2 Å². The van der Waals surface area contributed by atoms with Gasteiger partial charge in [-0.3, -0.25) is 9.59 Å². The molecule has 1 heterocycles. The standard InChI is InChI=1S/C22H23N3O5S/c1-28-17-11-16(12-18(29-2)20(17)30-3)21(27)23-13-19(26)24-22-25(9-10-31-22)14-15-7-5-4-6-8-15/h4-12H,13-14H2,1-3H3,(H,23,27). The van der Waals surface area contributed by atoms with E-state index in [0.29, 0.717) is 28.6 Å². The molecule has 0 spiro atoms. The summed E-state index contributed by atoms with van der Waals surface area (Å²) in [5.74, 6) is 0.177. The molecule has 0 saturated carbocycles. The third kappa shape index (κ3) is 5.52. The van der Waals surface area contributed by atoms with Gasteiger partial charge >= 0.3 is 0 Å². The predicted molar refractivity (Wildman–Crippen MR) is 117 cm³/mol. The van der Waals surface area contributed by atoms with Crippen LogP contribution in [0.5, 0.6) is 17.2 Å². The number of benzene rings is 2. The molecule has 31 heavy (non-hydrogen) atoms. The van der Waals surface area contributed by atoms with Gasteiger partial charge in [0, 0.05) is 23.7 Å². The molecule has 0 fully saturated rings. The summed E-state index contributed by atoms with van der Waals surface area (Å²) in [6.07, 6.45) is 1.87. The Morgan fingerprint density at radius 3 is 2.32 bits per heavy atom. The first-order valence-electron chi connectivity index (χ1n) is 9.39. The Labute approximate surface area is 183 Å². The predicted octanol–water partition coefficient (Wildman–Crippen LogP) is 2.48. The highest BCUT2D eigenvalue weighted by molar-refractivity contribution is 7.07. The molecule has 0 bridgehead atoms. The number of rotatable bonds is 8. The van der Waals surface area contributed by atoms with Crippen LogP contribution in [0.25, 0.3) is 0 Å². The molecule has 8 nitrogen and oxygen atoms in total. The van der Waals surface area contributed by atoms with Gasteiger partial charge in [0.05, 0.1) is 27.9 Å². The summed E-state index contributed by atoms with van der Waals surface area (Å²) in [7, 11) is 4.41. The average Bonchev–Trinajstić information content (AvgIpc) is 3.23. The molecule has 0 radical (unpaired) electrons. The molecule has 0 unspecified atom stereocenters. The highest BCUT2D eigenvalue weighted by Crippen LogP contribution is 2.38. The van der Waals surface area contributed by atoms with Crippen molar-refractivity contribution in [1.29, 1.82) is 0 Å². The quantitative estimate of drug-likeness (QED) is 0.580. The minimum Gasteiger partial charge on any atom is -0.493 e. The Morgan fingerprint density at radius 1 is 1.03 bits per heavy atom. The van der Waals surface area contributed by atoms with Crippen molar-refractivity contribution in [3.8, 4) is 17.2 Å². The number of carbonyl (C=O) groups is 2. The van der Waals surface area contributed by atoms with Gasteiger partial charge in [-0.1, -0.05) is 30.3 Å². The molecule has 2 amide bonds. The fourth-order valence-corrected chi connectivity index (χ4v) is 3.65. The van der Waals surface area contributed by atoms with Crippen molar-refractivity contribution >= 4 is 23.2 Å². The summed E-state index contributed by atoms with van der Waals surface area (Å²) in [4.78, 5) is 29.6. The fourth-order valence-electron chi connectivity index (χ4n) is 2.90. The lowest BCUT2D eigenvalue weighted by atomic mass is 10.1. The smallest absolute Gasteiger partial charge is 0.267 e. The molecule has 9 heteroatoms. The SMILES string of the molecule is COc1cc(C(=O)NCC(=O)N=c2sccn2Cc2ccccc2)cc(OC)c1OC. The van der Waals surface area contributed by atoms with Crippen LogP contribution in [0, 0.1) is 0 Å². The maximum absolute atomic E-state index is 12.5. The molecule has 1 aromatic heterocycles. The summed E-state index contributed by atoms with van der Waals surface area (Å²) in [5.41, 5.74) is 1.38. The van der Waals surface area contributed by atoms with Gasteiger partial charge in [-0.05, 0) is 17.7 Å². The van der Waals surface area contributed by atoms with Crippen molar-refractivity contribution in [3.63, 3.8) is 0 Å². The molecule has 162 valence electrons. The number of nitrogens with zero attached hydrogens (tertiary/aromatic N) is 2. The zero-order valence-electron chi connectivity index (χ0n) is 17.5. The Kier molecular flexibility index (Phi) is 7.45. The largest absolute Gasteiger partial charge is 0.493 e. The lowest BCUT2D eigenvalue weighted by Crippen LogP contribution is -2.30. The minimum atomic E-state index is -0.454. The van der Waals surface area contributed by atoms with Gasteiger partial charge in [0.1, 0.15) is 0 Å². The van der Waals surface area contributed by atoms with Crippen LogP contribution in [-0.4, -0.2) is 44.3 Å². The number of ether oxygens (including phenoxy) is 3. The van der Waals surface area contributed by atoms with Gasteiger partial charge in [0.15, 0.2) is 16.3 Å². The second kappa shape index (κ2) is 10.4. The summed E-state index contributed by atoms with van der Waals surface area (Å²) < 4.78 is 17.7. The van der Waals surface area contributed by atoms with E-state index < -0.39 is 11.8 Å². The van der Waals surface area contributed by atoms with Crippen LogP contribution in [-0.2, 0) is 11.3 Å². The Hall–Kier alpha value is -3.59. The Balaban J connectivity index is 1.69. The number of aromatic nitrogens is 1. The van der Waals surface area contributed by atoms with Crippen molar-refractivity contribution in [2.24, 2.45) is 4.99 Å². The monoisotopic (exact) mass is 441 g/mol. The lowest BCUT2D eigenvalue weighted by Gasteiger charge is -2.13. The van der Waals surface area contributed by atoms with Crippen LogP contribution < -0.4 is 24.3 Å². The first-order valence-corrected chi connectivity index (χ1v) is 10.3. The van der Waals surface area contributed by atoms with Crippen molar-refractivity contribution in [1.82, 2.24) is 9.88 Å². The molecular formula is C22H23N3O5S. The zero-order valence-corrected chi connectivity index (χ0v) is 18.3. The second-order valence-electron chi connectivity index (χ2n) is 6.40. The first-order chi connectivity index (χ1) is 15.0. The molecule has 0 aliphatic carbocycles. The number of thiazole rings is 1. The first kappa shape index (κ1) is 22.1. The molecule has 3 rings (SSSR count). The van der Waals surface area contributed by atoms with Gasteiger partial charge < -0.3 is 24.1 Å². The molecule has 3 aromatic rings. The second-order valence-corrected chi connectivity index (χ2v) is 7.27. The van der Waals surface area contributed by atoms with Gasteiger partial charge in [-0.25, -0.2) is 0 Å². The van der Waals surface area contributed by atoms with Crippen LogP contribution in [0.4, 0.5) is 0 Å². The van der Waals surface area contributed by atoms with Crippen LogP contribution in [0.2, 0.25) is 0 Å². The van der Waals surface area contributed by atoms with Crippen molar-refractivity contribution in [3.05, 3.63) is 70.0 Å². The average molecular weight is 442 g/mol. The third-order valence-corrected chi connectivity index (χ3v) is 5.20. The van der Waals surface area contributed by atoms with Crippen LogP contribution >= 0.6 is 11.3 Å². The van der Waals surface area contributed by atoms with Crippen LogP contribution in [0.1, 0.15) is 15.9 Å². The number of hydrogen-bond donors (Lipinski definition) is 1. The topological polar surface area (TPSA) is 91.2 Å². The zero-order chi connectivity index (χ0) is 22.2. The third-order valence-electron chi connectivity index (χ3n) is 4.40. The number of amides is 2. The Morgan fingerprint density at radius 2 is 1.71 bits per heavy atom. The van der Waals surface area contributed by atoms with Gasteiger partial charge in [0.25, 0.3) is 11.8 Å². The number of methoxy groups -OCH3 is 3. The summed E-state index contributed by atoms with van der Waals surface area (Å²) >= 11 is 1.36. The molecular weight excluding hydrogens is 418 g/mol. The Bertz CT molecular complexity index is 1100. The maximum atomic E-state index is 12.5. The van der Waals surface area contributed by atoms with E-state index in [-0.39, 0.29) is 12.1 Å². The molecule has 2 aromatic carbocycles. The van der Waals surface area contributed by atoms with E-state index in [2.05, 4.69) is 10.3 Å². The van der Waals surface area contributed by atoms with E-state index in [9.17, 15) is 9.59 Å². The highest BCUT2D eigenvalue weighted by atomic mass is 32.1. The van der Waals surface area contributed by atoms with Gasteiger partial charge in [-0.15, -0.1) is 11.3 Å². The molecule has 0 aliphatic rings. The normalized spacial score (nSPS) is 11.1. The molecule has 0 aliphatic heterocycles. The van der Waals surface area contributed by atoms with Crippen LogP contribution in [0.15, 0.2) is 59.0 Å². The van der Waals surface area contributed by atoms with E-state index in [1.54, 1.807) is 0 Å². The highest BCUT2D eigenvalue weighted by Gasteiger charge is 2.17. The summed E-state index contributed by atoms with van der Waals surface area (Å²) in [5, 5.41) is 4.45. The molecule has 1 N–H and O–H groups in total. The fraction of sp³-hybridized carbons (Fsp3) is 0.227. The summed E-state index contributed by atoms with van der Waals surface area (Å²) in [6.45, 7) is 0.368. The van der Waals surface area contributed by atoms with E-state index in [0.717, 1.165) is 5.56 Å². The van der Waals surface area contributed by atoms with E-state index in [1.165, 1.54) is 44.8 Å². The van der Waals surface area contributed by atoms with Gasteiger partial charge in [0.2, 0.25) is 5.75 Å². The number of hydrogen-bond acceptors (Lipinski definition) is 6. The van der Waals surface area contributed by atoms with Gasteiger partial charge in [-0.2, -0.15) is 4.99 Å². The van der Waals surface area contributed by atoms with Crippen LogP contribution in [0.3, 0.4) is 0 Å². The lowest BCUT2D eigenvalue weighted by molar-refractivity contribution is -0.117. The number of carbonyl (C=O) groups excluding carboxylic acids is 2. The van der Waals surface area contributed by atoms with Crippen molar-refractivity contribution < 1.29 is 23.8 Å². The van der Waals surface area contributed by atoms with Crippen molar-refractivity contribution in [2.75, 3.05) is 27.9 Å². The summed E-state index contributed by atoms with van der Waals surface area (Å²) in [6, 6.07) is 12.9. The van der Waals surface area contributed by atoms with E-state index >= 15 is 0 Å². The number of nitrogens with one attached hydrogen (secondary N) is 1. The maximum Gasteiger partial charge on any atom is 0.267 e. The molecule has 0 atom stereocenters. The van der Waals surface area contributed by atoms with E-state index in [1.807, 2.05) is 46.5 Å². The molecule has 0 saturated heterocycles.